The van der Waals surface area contributed by atoms with Crippen LogP contribution in [-0.2, 0) is 17.4 Å². The van der Waals surface area contributed by atoms with E-state index in [1.807, 2.05) is 0 Å². The first-order valence-corrected chi connectivity index (χ1v) is 5.15. The van der Waals surface area contributed by atoms with Gasteiger partial charge in [-0.15, -0.1) is 11.6 Å². The zero-order valence-electron chi connectivity index (χ0n) is 8.92. The summed E-state index contributed by atoms with van der Waals surface area (Å²) in [5, 5.41) is -0.777. The minimum atomic E-state index is -4.42. The van der Waals surface area contributed by atoms with Gasteiger partial charge in [0.25, 0.3) is 0 Å². The fraction of sp³-hybridized carbons (Fsp3) is 0.364. The molecule has 6 heteroatoms. The van der Waals surface area contributed by atoms with Gasteiger partial charge >= 0.3 is 6.18 Å². The van der Waals surface area contributed by atoms with Crippen LogP contribution in [0.15, 0.2) is 18.2 Å². The highest BCUT2D eigenvalue weighted by Gasteiger charge is 2.31. The molecule has 1 aromatic carbocycles. The Hall–Kier alpha value is -1.23. The first-order valence-electron chi connectivity index (χ1n) is 4.72. The number of halogens is 4. The first-order chi connectivity index (χ1) is 7.88. The summed E-state index contributed by atoms with van der Waals surface area (Å²) >= 11 is 5.61. The van der Waals surface area contributed by atoms with Crippen molar-refractivity contribution in [2.45, 2.75) is 18.0 Å². The lowest BCUT2D eigenvalue weighted by Crippen LogP contribution is -2.09. The normalized spacial score (nSPS) is 13.2. The van der Waals surface area contributed by atoms with Crippen LogP contribution < -0.4 is 4.74 Å². The van der Waals surface area contributed by atoms with Gasteiger partial charge in [-0.2, -0.15) is 13.2 Å². The molecule has 17 heavy (non-hydrogen) atoms. The van der Waals surface area contributed by atoms with E-state index >= 15 is 0 Å². The Morgan fingerprint density at radius 2 is 2.12 bits per heavy atom. The monoisotopic (exact) mass is 266 g/mol. The highest BCUT2D eigenvalue weighted by molar-refractivity contribution is 6.27. The average Bonchev–Trinajstić information content (AvgIpc) is 2.27. The lowest BCUT2D eigenvalue weighted by molar-refractivity contribution is -0.137. The molecule has 1 unspecified atom stereocenters. The second-order valence-corrected chi connectivity index (χ2v) is 3.94. The predicted octanol–water partition coefficient (Wildman–Crippen LogP) is 3.06. The molecule has 0 saturated heterocycles. The fourth-order valence-corrected chi connectivity index (χ4v) is 1.51. The molecule has 0 radical (unpaired) electrons. The molecule has 0 aromatic heterocycles. The Morgan fingerprint density at radius 3 is 2.59 bits per heavy atom. The molecule has 2 nitrogen and oxygen atoms in total. The standard InChI is InChI=1S/C11H10ClF3O2/c1-17-10-5-8(11(13,14)15)3-2-7(10)4-9(12)6-16/h2-3,5-6,9H,4H2,1H3. The van der Waals surface area contributed by atoms with Crippen molar-refractivity contribution in [1.29, 1.82) is 0 Å². The van der Waals surface area contributed by atoms with Crippen LogP contribution in [0, 0.1) is 0 Å². The number of ether oxygens (including phenoxy) is 1. The number of benzene rings is 1. The van der Waals surface area contributed by atoms with Crippen molar-refractivity contribution < 1.29 is 22.7 Å². The minimum absolute atomic E-state index is 0.0762. The molecule has 0 amide bonds. The van der Waals surface area contributed by atoms with Crippen molar-refractivity contribution in [2.75, 3.05) is 7.11 Å². The molecule has 0 heterocycles. The molecule has 0 bridgehead atoms. The SMILES string of the molecule is COc1cc(C(F)(F)F)ccc1CC(Cl)C=O. The summed E-state index contributed by atoms with van der Waals surface area (Å²) in [4.78, 5) is 10.4. The quantitative estimate of drug-likeness (QED) is 0.618. The van der Waals surface area contributed by atoms with E-state index in [1.54, 1.807) is 0 Å². The summed E-state index contributed by atoms with van der Waals surface area (Å²) in [6.07, 6.45) is -3.76. The van der Waals surface area contributed by atoms with Crippen LogP contribution in [0.1, 0.15) is 11.1 Å². The third kappa shape index (κ3) is 3.63. The van der Waals surface area contributed by atoms with Gasteiger partial charge in [-0.05, 0) is 24.1 Å². The van der Waals surface area contributed by atoms with Gasteiger partial charge in [-0.25, -0.2) is 0 Å². The topological polar surface area (TPSA) is 26.3 Å². The molecule has 0 N–H and O–H groups in total. The molecule has 0 aliphatic heterocycles. The molecule has 0 spiro atoms. The van der Waals surface area contributed by atoms with E-state index in [0.29, 0.717) is 11.8 Å². The third-order valence-corrected chi connectivity index (χ3v) is 2.43. The number of alkyl halides is 4. The van der Waals surface area contributed by atoms with Crippen LogP contribution in [-0.4, -0.2) is 18.8 Å². The van der Waals surface area contributed by atoms with Gasteiger partial charge in [0.05, 0.1) is 18.1 Å². The highest BCUT2D eigenvalue weighted by atomic mass is 35.5. The number of carbonyl (C=O) groups is 1. The number of methoxy groups -OCH3 is 1. The summed E-state index contributed by atoms with van der Waals surface area (Å²) in [5.41, 5.74) is -0.331. The summed E-state index contributed by atoms with van der Waals surface area (Å²) in [7, 11) is 1.27. The van der Waals surface area contributed by atoms with E-state index in [9.17, 15) is 18.0 Å². The summed E-state index contributed by atoms with van der Waals surface area (Å²) < 4.78 is 42.1. The van der Waals surface area contributed by atoms with E-state index in [2.05, 4.69) is 0 Å². The van der Waals surface area contributed by atoms with E-state index in [1.165, 1.54) is 13.2 Å². The van der Waals surface area contributed by atoms with Gasteiger partial charge in [0.1, 0.15) is 12.0 Å². The van der Waals surface area contributed by atoms with Gasteiger partial charge in [0.2, 0.25) is 0 Å². The number of rotatable bonds is 4. The Morgan fingerprint density at radius 1 is 1.47 bits per heavy atom. The van der Waals surface area contributed by atoms with Crippen LogP contribution >= 0.6 is 11.6 Å². The molecule has 1 rings (SSSR count). The fourth-order valence-electron chi connectivity index (χ4n) is 1.35. The minimum Gasteiger partial charge on any atom is -0.496 e. The van der Waals surface area contributed by atoms with Crippen molar-refractivity contribution in [1.82, 2.24) is 0 Å². The van der Waals surface area contributed by atoms with E-state index in [-0.39, 0.29) is 12.2 Å². The lowest BCUT2D eigenvalue weighted by atomic mass is 10.1. The van der Waals surface area contributed by atoms with E-state index < -0.39 is 17.1 Å². The Labute approximate surface area is 101 Å². The van der Waals surface area contributed by atoms with Crippen LogP contribution in [0.25, 0.3) is 0 Å². The Balaban J connectivity index is 3.05. The molecule has 0 aliphatic carbocycles. The van der Waals surface area contributed by atoms with E-state index in [4.69, 9.17) is 16.3 Å². The lowest BCUT2D eigenvalue weighted by Gasteiger charge is -2.13. The first kappa shape index (κ1) is 13.8. The third-order valence-electron chi connectivity index (χ3n) is 2.18. The Bertz CT molecular complexity index is 404. The predicted molar refractivity (Wildman–Crippen MR) is 57.4 cm³/mol. The zero-order chi connectivity index (χ0) is 13.1. The molecular formula is C11H10ClF3O2. The second-order valence-electron chi connectivity index (χ2n) is 3.38. The van der Waals surface area contributed by atoms with Crippen LogP contribution in [0.3, 0.4) is 0 Å². The highest BCUT2D eigenvalue weighted by Crippen LogP contribution is 2.33. The van der Waals surface area contributed by atoms with Crippen LogP contribution in [0.5, 0.6) is 5.75 Å². The van der Waals surface area contributed by atoms with Gasteiger partial charge in [0.15, 0.2) is 0 Å². The van der Waals surface area contributed by atoms with Crippen LogP contribution in [0.4, 0.5) is 13.2 Å². The Kier molecular flexibility index (Phi) is 4.40. The summed E-state index contributed by atoms with van der Waals surface area (Å²) in [6, 6.07) is 3.09. The zero-order valence-corrected chi connectivity index (χ0v) is 9.68. The van der Waals surface area contributed by atoms with Gasteiger partial charge in [0, 0.05) is 0 Å². The molecule has 1 aromatic rings. The molecule has 0 aliphatic rings. The van der Waals surface area contributed by atoms with Crippen molar-refractivity contribution >= 4 is 17.9 Å². The van der Waals surface area contributed by atoms with Gasteiger partial charge < -0.3 is 9.53 Å². The summed E-state index contributed by atoms with van der Waals surface area (Å²) in [6.45, 7) is 0. The van der Waals surface area contributed by atoms with Gasteiger partial charge in [-0.3, -0.25) is 0 Å². The van der Waals surface area contributed by atoms with Crippen molar-refractivity contribution in [2.24, 2.45) is 0 Å². The van der Waals surface area contributed by atoms with Crippen LogP contribution in [0.2, 0.25) is 0 Å². The smallest absolute Gasteiger partial charge is 0.416 e. The number of hydrogen-bond acceptors (Lipinski definition) is 2. The van der Waals surface area contributed by atoms with E-state index in [0.717, 1.165) is 12.1 Å². The van der Waals surface area contributed by atoms with Gasteiger partial charge in [-0.1, -0.05) is 6.07 Å². The van der Waals surface area contributed by atoms with Crippen molar-refractivity contribution in [3.05, 3.63) is 29.3 Å². The molecule has 94 valence electrons. The molecule has 0 fully saturated rings. The van der Waals surface area contributed by atoms with Crippen molar-refractivity contribution in [3.63, 3.8) is 0 Å². The maximum atomic E-state index is 12.4. The second kappa shape index (κ2) is 5.40. The average molecular weight is 267 g/mol. The number of hydrogen-bond donors (Lipinski definition) is 0. The maximum absolute atomic E-state index is 12.4. The summed E-state index contributed by atoms with van der Waals surface area (Å²) in [5.74, 6) is 0.0762. The molecule has 1 atom stereocenters. The molecule has 0 saturated carbocycles. The van der Waals surface area contributed by atoms with Crippen molar-refractivity contribution in [3.8, 4) is 5.75 Å². The maximum Gasteiger partial charge on any atom is 0.416 e. The number of carbonyl (C=O) groups excluding carboxylic acids is 1. The molecular weight excluding hydrogens is 257 g/mol. The number of aldehydes is 1. The largest absolute Gasteiger partial charge is 0.496 e.